The number of hydrogen-bond donors (Lipinski definition) is 0. The van der Waals surface area contributed by atoms with Crippen LogP contribution >= 0.6 is 11.3 Å². The summed E-state index contributed by atoms with van der Waals surface area (Å²) in [4.78, 5) is 22.6. The molecule has 0 spiro atoms. The Hall–Kier alpha value is -2.27. The molecule has 0 N–H and O–H groups in total. The minimum Gasteiger partial charge on any atom is -0.322 e. The zero-order valence-electron chi connectivity index (χ0n) is 11.8. The van der Waals surface area contributed by atoms with E-state index >= 15 is 0 Å². The Morgan fingerprint density at radius 3 is 3.14 bits per heavy atom. The lowest BCUT2D eigenvalue weighted by Crippen LogP contribution is -2.30. The van der Waals surface area contributed by atoms with Gasteiger partial charge in [0.1, 0.15) is 5.69 Å². The molecular weight excluding hydrogens is 294 g/mol. The second kappa shape index (κ2) is 4.36. The Labute approximate surface area is 131 Å². The van der Waals surface area contributed by atoms with Gasteiger partial charge in [0, 0.05) is 16.4 Å². The van der Waals surface area contributed by atoms with Crippen LogP contribution in [0, 0.1) is 5.92 Å². The van der Waals surface area contributed by atoms with Gasteiger partial charge >= 0.3 is 0 Å². The van der Waals surface area contributed by atoms with Crippen molar-refractivity contribution < 1.29 is 4.79 Å². The first kappa shape index (κ1) is 12.3. The number of nitrogens with zero attached hydrogens (tertiary/aromatic N) is 3. The second-order valence-corrected chi connectivity index (χ2v) is 6.79. The van der Waals surface area contributed by atoms with E-state index in [-0.39, 0.29) is 17.7 Å². The van der Waals surface area contributed by atoms with E-state index in [1.807, 2.05) is 24.7 Å². The van der Waals surface area contributed by atoms with Crippen molar-refractivity contribution in [2.45, 2.75) is 18.9 Å². The van der Waals surface area contributed by atoms with Gasteiger partial charge in [-0.15, -0.1) is 11.3 Å². The van der Waals surface area contributed by atoms with Crippen LogP contribution in [-0.4, -0.2) is 20.3 Å². The maximum absolute atomic E-state index is 12.9. The summed E-state index contributed by atoms with van der Waals surface area (Å²) in [7, 11) is 0. The SMILES string of the molecule is O=C1c2ncsc2CCC1C1c2ccccc2-c2cncn21. The van der Waals surface area contributed by atoms with Crippen molar-refractivity contribution >= 4 is 17.1 Å². The maximum atomic E-state index is 12.9. The Morgan fingerprint density at radius 2 is 2.18 bits per heavy atom. The van der Waals surface area contributed by atoms with E-state index < -0.39 is 0 Å². The topological polar surface area (TPSA) is 47.8 Å². The highest BCUT2D eigenvalue weighted by Crippen LogP contribution is 2.46. The lowest BCUT2D eigenvalue weighted by Gasteiger charge is -2.27. The van der Waals surface area contributed by atoms with Crippen molar-refractivity contribution in [3.63, 3.8) is 0 Å². The fourth-order valence-electron chi connectivity index (χ4n) is 3.83. The van der Waals surface area contributed by atoms with Gasteiger partial charge in [0.05, 0.1) is 29.8 Å². The maximum Gasteiger partial charge on any atom is 0.187 e. The third-order valence-electron chi connectivity index (χ3n) is 4.80. The van der Waals surface area contributed by atoms with Gasteiger partial charge in [0.15, 0.2) is 5.78 Å². The number of benzene rings is 1. The minimum atomic E-state index is -0.0498. The molecule has 1 aliphatic heterocycles. The number of carbonyl (C=O) groups excluding carboxylic acids is 1. The number of thiazole rings is 1. The molecular formula is C17H13N3OS. The highest BCUT2D eigenvalue weighted by molar-refractivity contribution is 7.10. The summed E-state index contributed by atoms with van der Waals surface area (Å²) in [5, 5.41) is 0. The van der Waals surface area contributed by atoms with Crippen LogP contribution in [0.3, 0.4) is 0 Å². The zero-order chi connectivity index (χ0) is 14.7. The molecule has 3 aromatic rings. The second-order valence-electron chi connectivity index (χ2n) is 5.85. The summed E-state index contributed by atoms with van der Waals surface area (Å²) in [5.41, 5.74) is 6.01. The summed E-state index contributed by atoms with van der Waals surface area (Å²) in [6.45, 7) is 0. The van der Waals surface area contributed by atoms with E-state index in [2.05, 4.69) is 26.7 Å². The standard InChI is InChI=1S/C17H13N3OS/c21-17-12(5-6-14-15(17)19-9-22-14)16-11-4-2-1-3-10(11)13-7-18-8-20(13)16/h1-4,7-9,12,16H,5-6H2. The number of rotatable bonds is 1. The molecule has 108 valence electrons. The first-order valence-electron chi connectivity index (χ1n) is 7.42. The summed E-state index contributed by atoms with van der Waals surface area (Å²) >= 11 is 1.60. The average Bonchev–Trinajstić information content (AvgIpc) is 3.23. The lowest BCUT2D eigenvalue weighted by molar-refractivity contribution is 0.0867. The van der Waals surface area contributed by atoms with Crippen LogP contribution in [0.4, 0.5) is 0 Å². The third kappa shape index (κ3) is 1.49. The number of ketones is 1. The van der Waals surface area contributed by atoms with Gasteiger partial charge in [-0.05, 0) is 18.4 Å². The Balaban J connectivity index is 1.66. The van der Waals surface area contributed by atoms with Gasteiger partial charge in [0.2, 0.25) is 0 Å². The Bertz CT molecular complexity index is 895. The Morgan fingerprint density at radius 1 is 1.27 bits per heavy atom. The van der Waals surface area contributed by atoms with Crippen LogP contribution in [-0.2, 0) is 6.42 Å². The van der Waals surface area contributed by atoms with Crippen molar-refractivity contribution in [2.75, 3.05) is 0 Å². The van der Waals surface area contributed by atoms with Crippen LogP contribution in [0.5, 0.6) is 0 Å². The number of Topliss-reactive ketones (excluding diaryl/α,β-unsaturated/α-hetero) is 1. The van der Waals surface area contributed by atoms with Crippen molar-refractivity contribution in [3.8, 4) is 11.3 Å². The van der Waals surface area contributed by atoms with Gasteiger partial charge in [0.25, 0.3) is 0 Å². The molecule has 0 radical (unpaired) electrons. The third-order valence-corrected chi connectivity index (χ3v) is 5.69. The van der Waals surface area contributed by atoms with E-state index in [1.54, 1.807) is 16.8 Å². The minimum absolute atomic E-state index is 0.0498. The Kier molecular flexibility index (Phi) is 2.44. The summed E-state index contributed by atoms with van der Waals surface area (Å²) in [5.74, 6) is 0.134. The number of aryl methyl sites for hydroxylation is 1. The van der Waals surface area contributed by atoms with Gasteiger partial charge in [-0.3, -0.25) is 4.79 Å². The number of fused-ring (bicyclic) bond motifs is 4. The predicted molar refractivity (Wildman–Crippen MR) is 84.1 cm³/mol. The number of carbonyl (C=O) groups is 1. The molecule has 0 fully saturated rings. The van der Waals surface area contributed by atoms with Crippen LogP contribution in [0.25, 0.3) is 11.3 Å². The number of hydrogen-bond acceptors (Lipinski definition) is 4. The van der Waals surface area contributed by atoms with Crippen LogP contribution in [0.2, 0.25) is 0 Å². The first-order valence-corrected chi connectivity index (χ1v) is 8.30. The molecule has 2 atom stereocenters. The monoisotopic (exact) mass is 307 g/mol. The van der Waals surface area contributed by atoms with Crippen molar-refractivity contribution in [1.29, 1.82) is 0 Å². The van der Waals surface area contributed by atoms with Gasteiger partial charge in [-0.25, -0.2) is 9.97 Å². The van der Waals surface area contributed by atoms with E-state index in [4.69, 9.17) is 0 Å². The molecule has 5 rings (SSSR count). The van der Waals surface area contributed by atoms with Crippen LogP contribution in [0.1, 0.15) is 33.4 Å². The molecule has 0 amide bonds. The molecule has 3 heterocycles. The fraction of sp³-hybridized carbons (Fsp3) is 0.235. The number of aromatic nitrogens is 3. The normalized spacial score (nSPS) is 22.3. The van der Waals surface area contributed by atoms with E-state index in [9.17, 15) is 4.79 Å². The quantitative estimate of drug-likeness (QED) is 0.692. The van der Waals surface area contributed by atoms with Crippen molar-refractivity contribution in [1.82, 2.24) is 14.5 Å². The molecule has 0 bridgehead atoms. The fourth-order valence-corrected chi connectivity index (χ4v) is 4.61. The van der Waals surface area contributed by atoms with Crippen molar-refractivity contribution in [2.24, 2.45) is 5.92 Å². The van der Waals surface area contributed by atoms with E-state index in [0.29, 0.717) is 5.69 Å². The largest absolute Gasteiger partial charge is 0.322 e. The van der Waals surface area contributed by atoms with Crippen LogP contribution in [0.15, 0.2) is 42.3 Å². The first-order chi connectivity index (χ1) is 10.8. The van der Waals surface area contributed by atoms with Gasteiger partial charge < -0.3 is 4.57 Å². The zero-order valence-corrected chi connectivity index (χ0v) is 12.6. The summed E-state index contributed by atoms with van der Waals surface area (Å²) in [6.07, 6.45) is 5.56. The average molecular weight is 307 g/mol. The van der Waals surface area contributed by atoms with Crippen molar-refractivity contribution in [3.05, 3.63) is 58.4 Å². The molecule has 0 saturated heterocycles. The molecule has 5 heteroatoms. The van der Waals surface area contributed by atoms with E-state index in [1.165, 1.54) is 11.1 Å². The van der Waals surface area contributed by atoms with Gasteiger partial charge in [-0.1, -0.05) is 24.3 Å². The number of imidazole rings is 1. The molecule has 22 heavy (non-hydrogen) atoms. The van der Waals surface area contributed by atoms with E-state index in [0.717, 1.165) is 23.4 Å². The molecule has 1 aromatic carbocycles. The molecule has 1 aliphatic carbocycles. The molecule has 0 saturated carbocycles. The molecule has 2 aromatic heterocycles. The molecule has 2 unspecified atom stereocenters. The summed E-state index contributed by atoms with van der Waals surface area (Å²) < 4.78 is 2.16. The molecule has 4 nitrogen and oxygen atoms in total. The predicted octanol–water partition coefficient (Wildman–Crippen LogP) is 3.35. The smallest absolute Gasteiger partial charge is 0.187 e. The highest BCUT2D eigenvalue weighted by atomic mass is 32.1. The highest BCUT2D eigenvalue weighted by Gasteiger charge is 2.41. The van der Waals surface area contributed by atoms with Crippen LogP contribution < -0.4 is 0 Å². The lowest BCUT2D eigenvalue weighted by atomic mass is 9.81. The van der Waals surface area contributed by atoms with Gasteiger partial charge in [-0.2, -0.15) is 0 Å². The molecule has 2 aliphatic rings. The summed E-state index contributed by atoms with van der Waals surface area (Å²) in [6, 6.07) is 8.39.